The Hall–Kier alpha value is -3.37. The molecule has 0 bridgehead atoms. The number of primary amides is 1. The van der Waals surface area contributed by atoms with Gasteiger partial charge in [0.05, 0.1) is 17.0 Å². The Morgan fingerprint density at radius 2 is 2.00 bits per heavy atom. The van der Waals surface area contributed by atoms with Crippen LogP contribution in [0.5, 0.6) is 5.75 Å². The van der Waals surface area contributed by atoms with Gasteiger partial charge in [0.2, 0.25) is 0 Å². The number of anilines is 1. The van der Waals surface area contributed by atoms with E-state index in [-0.39, 0.29) is 34.5 Å². The van der Waals surface area contributed by atoms with Gasteiger partial charge < -0.3 is 20.5 Å². The van der Waals surface area contributed by atoms with Gasteiger partial charge in [0, 0.05) is 11.2 Å². The molecule has 2 heterocycles. The largest absolute Gasteiger partial charge is 0.471 e. The summed E-state index contributed by atoms with van der Waals surface area (Å²) in [4.78, 5) is 37.2. The average Bonchev–Trinajstić information content (AvgIpc) is 3.36. The quantitative estimate of drug-likeness (QED) is 0.433. The van der Waals surface area contributed by atoms with E-state index in [1.807, 2.05) is 13.8 Å². The van der Waals surface area contributed by atoms with Crippen LogP contribution in [-0.2, 0) is 11.5 Å². The molecule has 33 heavy (non-hydrogen) atoms. The van der Waals surface area contributed by atoms with Gasteiger partial charge in [-0.2, -0.15) is 5.10 Å². The van der Waals surface area contributed by atoms with Crippen molar-refractivity contribution < 1.29 is 23.9 Å². The van der Waals surface area contributed by atoms with Crippen molar-refractivity contribution in [3.8, 4) is 5.75 Å². The third-order valence-corrected chi connectivity index (χ3v) is 6.06. The van der Waals surface area contributed by atoms with Gasteiger partial charge >= 0.3 is 5.97 Å². The molecule has 11 heteroatoms. The molecule has 0 aliphatic rings. The van der Waals surface area contributed by atoms with Crippen LogP contribution in [-0.4, -0.2) is 34.2 Å². The van der Waals surface area contributed by atoms with Crippen LogP contribution in [0, 0.1) is 13.8 Å². The number of carbonyl (C=O) groups is 3. The van der Waals surface area contributed by atoms with Gasteiger partial charge in [-0.05, 0) is 55.7 Å². The lowest BCUT2D eigenvalue weighted by Gasteiger charge is -2.09. The Labute approximate surface area is 199 Å². The molecule has 2 aromatic heterocycles. The fraction of sp³-hybridized carbons (Fsp3) is 0.273. The van der Waals surface area contributed by atoms with Crippen LogP contribution < -0.4 is 15.8 Å². The van der Waals surface area contributed by atoms with Crippen LogP contribution in [0.2, 0.25) is 5.02 Å². The zero-order valence-corrected chi connectivity index (χ0v) is 19.9. The molecule has 0 radical (unpaired) electrons. The number of esters is 1. The minimum atomic E-state index is -0.693. The third-order valence-electron chi connectivity index (χ3n) is 4.60. The number of halogens is 1. The molecule has 3 rings (SSSR count). The first-order valence-electron chi connectivity index (χ1n) is 10.0. The Morgan fingerprint density at radius 3 is 2.67 bits per heavy atom. The number of hydrogen-bond acceptors (Lipinski definition) is 7. The monoisotopic (exact) mass is 490 g/mol. The maximum atomic E-state index is 12.8. The number of nitrogens with one attached hydrogen (secondary N) is 1. The summed E-state index contributed by atoms with van der Waals surface area (Å²) < 4.78 is 12.4. The van der Waals surface area contributed by atoms with Gasteiger partial charge in [-0.15, -0.1) is 11.3 Å². The second-order valence-corrected chi connectivity index (χ2v) is 8.60. The highest BCUT2D eigenvalue weighted by Gasteiger charge is 2.26. The molecule has 0 fully saturated rings. The Kier molecular flexibility index (Phi) is 7.72. The lowest BCUT2D eigenvalue weighted by Crippen LogP contribution is -2.16. The standard InChI is InChI=1S/C22H23ClN4O5S/c1-4-9-31-22(30)17-13(3)18(19(24)28)33-21(17)25-20(29)15-7-8-27(26-15)11-32-16-6-5-14(23)10-12(16)2/h5-8,10H,4,9,11H2,1-3H3,(H2,24,28)(H,25,29). The second kappa shape index (κ2) is 10.5. The molecule has 9 nitrogen and oxygen atoms in total. The minimum Gasteiger partial charge on any atom is -0.471 e. The number of rotatable bonds is 9. The van der Waals surface area contributed by atoms with Gasteiger partial charge in [0.15, 0.2) is 12.4 Å². The maximum Gasteiger partial charge on any atom is 0.341 e. The Bertz CT molecular complexity index is 1200. The van der Waals surface area contributed by atoms with Gasteiger partial charge in [-0.3, -0.25) is 9.59 Å². The van der Waals surface area contributed by atoms with Crippen LogP contribution in [0.1, 0.15) is 55.0 Å². The molecule has 0 saturated carbocycles. The SMILES string of the molecule is CCCOC(=O)c1c(NC(=O)c2ccn(COc3ccc(Cl)cc3C)n2)sc(C(N)=O)c1C. The van der Waals surface area contributed by atoms with Crippen molar-refractivity contribution >= 4 is 45.7 Å². The fourth-order valence-electron chi connectivity index (χ4n) is 2.98. The lowest BCUT2D eigenvalue weighted by atomic mass is 10.1. The van der Waals surface area contributed by atoms with Gasteiger partial charge in [0.1, 0.15) is 10.8 Å². The van der Waals surface area contributed by atoms with Gasteiger partial charge in [0.25, 0.3) is 11.8 Å². The zero-order chi connectivity index (χ0) is 24.1. The molecule has 2 amide bonds. The predicted molar refractivity (Wildman–Crippen MR) is 125 cm³/mol. The van der Waals surface area contributed by atoms with Gasteiger partial charge in [-0.25, -0.2) is 9.48 Å². The van der Waals surface area contributed by atoms with E-state index in [9.17, 15) is 14.4 Å². The molecule has 0 saturated heterocycles. The minimum absolute atomic E-state index is 0.0777. The fourth-order valence-corrected chi connectivity index (χ4v) is 4.25. The second-order valence-electron chi connectivity index (χ2n) is 7.14. The van der Waals surface area contributed by atoms with Crippen molar-refractivity contribution in [3.05, 3.63) is 62.7 Å². The van der Waals surface area contributed by atoms with Crippen LogP contribution in [0.4, 0.5) is 5.00 Å². The highest BCUT2D eigenvalue weighted by atomic mass is 35.5. The first kappa shape index (κ1) is 24.3. The summed E-state index contributed by atoms with van der Waals surface area (Å²) in [7, 11) is 0. The molecule has 0 unspecified atom stereocenters. The number of nitrogens with zero attached hydrogens (tertiary/aromatic N) is 2. The van der Waals surface area contributed by atoms with E-state index in [2.05, 4.69) is 10.4 Å². The molecule has 1 aromatic carbocycles. The number of nitrogens with two attached hydrogens (primary N) is 1. The van der Waals surface area contributed by atoms with Crippen molar-refractivity contribution in [1.82, 2.24) is 9.78 Å². The predicted octanol–water partition coefficient (Wildman–Crippen LogP) is 4.17. The summed E-state index contributed by atoms with van der Waals surface area (Å²) in [6.07, 6.45) is 2.22. The summed E-state index contributed by atoms with van der Waals surface area (Å²) >= 11 is 6.87. The molecule has 3 aromatic rings. The molecule has 0 aliphatic carbocycles. The Balaban J connectivity index is 1.75. The van der Waals surface area contributed by atoms with E-state index in [0.717, 1.165) is 16.9 Å². The smallest absolute Gasteiger partial charge is 0.341 e. The topological polar surface area (TPSA) is 126 Å². The summed E-state index contributed by atoms with van der Waals surface area (Å²) in [5, 5.41) is 7.64. The number of benzene rings is 1. The van der Waals surface area contributed by atoms with Crippen molar-refractivity contribution in [2.75, 3.05) is 11.9 Å². The first-order chi connectivity index (χ1) is 15.7. The number of aromatic nitrogens is 2. The number of ether oxygens (including phenoxy) is 2. The normalized spacial score (nSPS) is 10.7. The Morgan fingerprint density at radius 1 is 1.24 bits per heavy atom. The number of amides is 2. The zero-order valence-electron chi connectivity index (χ0n) is 18.3. The van der Waals surface area contributed by atoms with E-state index in [4.69, 9.17) is 26.8 Å². The summed E-state index contributed by atoms with van der Waals surface area (Å²) in [5.41, 5.74) is 6.85. The van der Waals surface area contributed by atoms with Gasteiger partial charge in [-0.1, -0.05) is 18.5 Å². The summed E-state index contributed by atoms with van der Waals surface area (Å²) in [6, 6.07) is 6.77. The average molecular weight is 491 g/mol. The number of hydrogen-bond donors (Lipinski definition) is 2. The number of thiophene rings is 1. The van der Waals surface area contributed by atoms with Crippen molar-refractivity contribution in [1.29, 1.82) is 0 Å². The van der Waals surface area contributed by atoms with Crippen LogP contribution in [0.15, 0.2) is 30.5 Å². The van der Waals surface area contributed by atoms with Crippen LogP contribution >= 0.6 is 22.9 Å². The molecule has 0 atom stereocenters. The maximum absolute atomic E-state index is 12.8. The van der Waals surface area contributed by atoms with Crippen molar-refractivity contribution in [2.45, 2.75) is 33.9 Å². The molecular formula is C22H23ClN4O5S. The van der Waals surface area contributed by atoms with E-state index in [0.29, 0.717) is 22.8 Å². The van der Waals surface area contributed by atoms with E-state index >= 15 is 0 Å². The van der Waals surface area contributed by atoms with Crippen LogP contribution in [0.25, 0.3) is 0 Å². The molecular weight excluding hydrogens is 468 g/mol. The molecule has 3 N–H and O–H groups in total. The first-order valence-corrected chi connectivity index (χ1v) is 11.2. The molecule has 0 spiro atoms. The highest BCUT2D eigenvalue weighted by molar-refractivity contribution is 7.18. The lowest BCUT2D eigenvalue weighted by molar-refractivity contribution is 0.0506. The van der Waals surface area contributed by atoms with E-state index < -0.39 is 17.8 Å². The number of carbonyl (C=O) groups excluding carboxylic acids is 3. The summed E-state index contributed by atoms with van der Waals surface area (Å²) in [6.45, 7) is 5.61. The summed E-state index contributed by atoms with van der Waals surface area (Å²) in [5.74, 6) is -1.24. The van der Waals surface area contributed by atoms with E-state index in [1.54, 1.807) is 31.3 Å². The molecule has 174 valence electrons. The highest BCUT2D eigenvalue weighted by Crippen LogP contribution is 2.34. The van der Waals surface area contributed by atoms with Crippen molar-refractivity contribution in [3.63, 3.8) is 0 Å². The van der Waals surface area contributed by atoms with Crippen molar-refractivity contribution in [2.24, 2.45) is 5.73 Å². The number of aryl methyl sites for hydroxylation is 1. The third kappa shape index (κ3) is 5.71. The molecule has 0 aliphatic heterocycles. The van der Waals surface area contributed by atoms with Crippen LogP contribution in [0.3, 0.4) is 0 Å². The van der Waals surface area contributed by atoms with E-state index in [1.165, 1.54) is 10.7 Å².